The predicted molar refractivity (Wildman–Crippen MR) is 202 cm³/mol. The summed E-state index contributed by atoms with van der Waals surface area (Å²) in [5, 5.41) is 17.1. The summed E-state index contributed by atoms with van der Waals surface area (Å²) >= 11 is 1.07. The number of hydrogen-bond acceptors (Lipinski definition) is 10. The first kappa shape index (κ1) is 36.4. The monoisotopic (exact) mass is 745 g/mol. The molecule has 0 atom stereocenters. The maximum atomic E-state index is 14.0. The van der Waals surface area contributed by atoms with Gasteiger partial charge in [0, 0.05) is 16.7 Å². The van der Waals surface area contributed by atoms with Gasteiger partial charge in [0.1, 0.15) is 5.71 Å². The third kappa shape index (κ3) is 8.23. The van der Waals surface area contributed by atoms with Crippen molar-refractivity contribution >= 4 is 56.1 Å². The zero-order valence-electron chi connectivity index (χ0n) is 28.3. The van der Waals surface area contributed by atoms with Crippen molar-refractivity contribution in [3.05, 3.63) is 137 Å². The summed E-state index contributed by atoms with van der Waals surface area (Å²) < 4.78 is 25.9. The molecule has 2 aromatic heterocycles. The number of sulfonamides is 1. The molecule has 2 heterocycles. The second-order valence-electron chi connectivity index (χ2n) is 11.7. The molecule has 0 unspecified atom stereocenters. The molecule has 2 amide bonds. The number of Topliss-reactive ketones (excluding diaryl/α,β-unsaturated/α-hetero) is 2. The van der Waals surface area contributed by atoms with Crippen LogP contribution in [0.25, 0.3) is 27.6 Å². The number of aryl methyl sites for hydroxylation is 1. The molecule has 4 aromatic carbocycles. The van der Waals surface area contributed by atoms with E-state index >= 15 is 0 Å². The first-order valence-corrected chi connectivity index (χ1v) is 18.4. The number of primary sulfonamides is 1. The molecule has 6 aromatic rings. The molecule has 0 aliphatic carbocycles. The summed E-state index contributed by atoms with van der Waals surface area (Å²) in [6, 6.07) is 32.6. The van der Waals surface area contributed by atoms with Gasteiger partial charge in [-0.3, -0.25) is 19.2 Å². The fraction of sp³-hybridized carbons (Fsp3) is 0.0789. The summed E-state index contributed by atoms with van der Waals surface area (Å²) in [5.41, 5.74) is 5.38. The molecule has 53 heavy (non-hydrogen) atoms. The number of anilines is 1. The molecule has 13 nitrogen and oxygen atoms in total. The quantitative estimate of drug-likeness (QED) is 0.0792. The molecule has 0 bridgehead atoms. The maximum Gasteiger partial charge on any atom is 0.272 e. The molecule has 15 heteroatoms. The third-order valence-electron chi connectivity index (χ3n) is 7.94. The SMILES string of the molecule is CC(=O)c1ccccc1NC(=O)C(CC(=O)c1sc(-n2nc(-c3ccccc3)cc2-c2ccccc2)nc1C)=NNC(=O)c1ccccc1S(N)(=O)=O. The van der Waals surface area contributed by atoms with Gasteiger partial charge in [0.05, 0.1) is 44.5 Å². The van der Waals surface area contributed by atoms with E-state index in [2.05, 4.69) is 20.8 Å². The zero-order valence-corrected chi connectivity index (χ0v) is 29.9. The Labute approximate surface area is 308 Å². The number of carbonyl (C=O) groups is 4. The molecule has 266 valence electrons. The van der Waals surface area contributed by atoms with Crippen LogP contribution >= 0.6 is 11.3 Å². The fourth-order valence-electron chi connectivity index (χ4n) is 5.40. The fourth-order valence-corrected chi connectivity index (χ4v) is 7.11. The van der Waals surface area contributed by atoms with E-state index in [9.17, 15) is 27.6 Å². The van der Waals surface area contributed by atoms with Crippen LogP contribution in [0.1, 0.15) is 49.4 Å². The Morgan fingerprint density at radius 2 is 1.43 bits per heavy atom. The molecule has 0 spiro atoms. The Morgan fingerprint density at radius 1 is 0.830 bits per heavy atom. The predicted octanol–water partition coefficient (Wildman–Crippen LogP) is 5.82. The number of nitrogens with two attached hydrogens (primary N) is 1. The van der Waals surface area contributed by atoms with Crippen molar-refractivity contribution in [3.8, 4) is 27.6 Å². The minimum absolute atomic E-state index is 0.161. The smallest absolute Gasteiger partial charge is 0.272 e. The number of hydrazone groups is 1. The zero-order chi connectivity index (χ0) is 37.7. The van der Waals surface area contributed by atoms with Gasteiger partial charge < -0.3 is 5.32 Å². The molecule has 0 radical (unpaired) electrons. The van der Waals surface area contributed by atoms with Crippen LogP contribution in [0.4, 0.5) is 5.69 Å². The van der Waals surface area contributed by atoms with E-state index in [-0.39, 0.29) is 27.5 Å². The van der Waals surface area contributed by atoms with Crippen molar-refractivity contribution in [1.82, 2.24) is 20.2 Å². The highest BCUT2D eigenvalue weighted by atomic mass is 32.2. The van der Waals surface area contributed by atoms with Crippen molar-refractivity contribution in [2.24, 2.45) is 10.2 Å². The van der Waals surface area contributed by atoms with E-state index < -0.39 is 44.6 Å². The number of nitrogens with one attached hydrogen (secondary N) is 2. The summed E-state index contributed by atoms with van der Waals surface area (Å²) in [6.45, 7) is 2.99. The van der Waals surface area contributed by atoms with Gasteiger partial charge in [-0.1, -0.05) is 96.3 Å². The largest absolute Gasteiger partial charge is 0.320 e. The third-order valence-corrected chi connectivity index (χ3v) is 10.1. The molecular weight excluding hydrogens is 715 g/mol. The van der Waals surface area contributed by atoms with E-state index in [0.717, 1.165) is 34.2 Å². The van der Waals surface area contributed by atoms with Crippen LogP contribution in [-0.2, 0) is 14.8 Å². The lowest BCUT2D eigenvalue weighted by Crippen LogP contribution is -2.30. The van der Waals surface area contributed by atoms with Crippen LogP contribution in [-0.4, -0.2) is 52.3 Å². The number of carbonyl (C=O) groups excluding carboxylic acids is 4. The summed E-state index contributed by atoms with van der Waals surface area (Å²) in [7, 11) is -4.29. The molecule has 0 fully saturated rings. The van der Waals surface area contributed by atoms with Gasteiger partial charge in [0.25, 0.3) is 11.8 Å². The van der Waals surface area contributed by atoms with Crippen LogP contribution < -0.4 is 15.9 Å². The number of nitrogens with zero attached hydrogens (tertiary/aromatic N) is 4. The summed E-state index contributed by atoms with van der Waals surface area (Å²) in [6.07, 6.45) is -0.604. The Hall–Kier alpha value is -6.42. The first-order chi connectivity index (χ1) is 25.4. The Morgan fingerprint density at radius 3 is 2.09 bits per heavy atom. The highest BCUT2D eigenvalue weighted by molar-refractivity contribution is 7.89. The van der Waals surface area contributed by atoms with Crippen molar-refractivity contribution in [1.29, 1.82) is 0 Å². The van der Waals surface area contributed by atoms with Crippen LogP contribution in [0, 0.1) is 6.92 Å². The van der Waals surface area contributed by atoms with Gasteiger partial charge in [0.15, 0.2) is 11.6 Å². The van der Waals surface area contributed by atoms with Gasteiger partial charge >= 0.3 is 0 Å². The molecular formula is C38H31N7O6S2. The Kier molecular flexibility index (Phi) is 10.6. The molecule has 0 aliphatic rings. The van der Waals surface area contributed by atoms with Gasteiger partial charge in [-0.15, -0.1) is 0 Å². The average molecular weight is 746 g/mol. The standard InChI is InChI=1S/C38H31N7O6S2/c1-23-35(52-38(40-23)45-32(26-15-7-4-8-16-26)21-30(44-45)25-13-5-3-6-14-25)33(47)22-31(37(49)41-29-19-11-9-17-27(29)24(2)46)42-43-36(48)28-18-10-12-20-34(28)53(39,50)51/h3-21H,22H2,1-2H3,(H,41,49)(H,43,48)(H2,39,50,51). The van der Waals surface area contributed by atoms with E-state index in [1.54, 1.807) is 23.7 Å². The van der Waals surface area contributed by atoms with Crippen molar-refractivity contribution in [3.63, 3.8) is 0 Å². The number of thiazole rings is 1. The molecule has 0 aliphatic heterocycles. The number of hydrogen-bond donors (Lipinski definition) is 3. The second-order valence-corrected chi connectivity index (χ2v) is 14.2. The molecule has 0 saturated carbocycles. The average Bonchev–Trinajstić information content (AvgIpc) is 3.78. The highest BCUT2D eigenvalue weighted by Gasteiger charge is 2.26. The van der Waals surface area contributed by atoms with Crippen LogP contribution in [0.5, 0.6) is 0 Å². The number of aromatic nitrogens is 3. The molecule has 0 saturated heterocycles. The van der Waals surface area contributed by atoms with Gasteiger partial charge in [-0.2, -0.15) is 10.2 Å². The minimum atomic E-state index is -4.29. The normalized spacial score (nSPS) is 11.6. The number of rotatable bonds is 12. The topological polar surface area (TPSA) is 196 Å². The van der Waals surface area contributed by atoms with Gasteiger partial charge in [0.2, 0.25) is 15.2 Å². The van der Waals surface area contributed by atoms with Crippen molar-refractivity contribution < 1.29 is 27.6 Å². The summed E-state index contributed by atoms with van der Waals surface area (Å²) in [5.74, 6) is -2.74. The van der Waals surface area contributed by atoms with Crippen LogP contribution in [0.2, 0.25) is 0 Å². The van der Waals surface area contributed by atoms with E-state index in [0.29, 0.717) is 16.5 Å². The number of amides is 2. The lowest BCUT2D eigenvalue weighted by molar-refractivity contribution is -0.110. The lowest BCUT2D eigenvalue weighted by Gasteiger charge is -2.11. The van der Waals surface area contributed by atoms with E-state index in [4.69, 9.17) is 10.2 Å². The van der Waals surface area contributed by atoms with Crippen molar-refractivity contribution in [2.45, 2.75) is 25.2 Å². The molecule has 6 rings (SSSR count). The van der Waals surface area contributed by atoms with Gasteiger partial charge in [-0.05, 0) is 44.2 Å². The van der Waals surface area contributed by atoms with Gasteiger partial charge in [-0.25, -0.2) is 28.6 Å². The highest BCUT2D eigenvalue weighted by Crippen LogP contribution is 2.32. The van der Waals surface area contributed by atoms with Crippen molar-refractivity contribution in [2.75, 3.05) is 5.32 Å². The van der Waals surface area contributed by atoms with Crippen LogP contribution in [0.15, 0.2) is 125 Å². The number of benzene rings is 4. The number of ketones is 2. The Bertz CT molecular complexity index is 2510. The maximum absolute atomic E-state index is 14.0. The minimum Gasteiger partial charge on any atom is -0.320 e. The Balaban J connectivity index is 1.35. The van der Waals surface area contributed by atoms with Crippen LogP contribution in [0.3, 0.4) is 0 Å². The first-order valence-electron chi connectivity index (χ1n) is 16.0. The molecule has 4 N–H and O–H groups in total. The van der Waals surface area contributed by atoms with E-state index in [1.807, 2.05) is 66.7 Å². The van der Waals surface area contributed by atoms with E-state index in [1.165, 1.54) is 37.3 Å². The summed E-state index contributed by atoms with van der Waals surface area (Å²) in [4.78, 5) is 57.5. The lowest BCUT2D eigenvalue weighted by atomic mass is 10.1. The number of para-hydroxylation sites is 1. The second kappa shape index (κ2) is 15.4.